The minimum atomic E-state index is -1.06. The van der Waals surface area contributed by atoms with Gasteiger partial charge in [0.1, 0.15) is 6.10 Å². The van der Waals surface area contributed by atoms with E-state index in [9.17, 15) is 14.4 Å². The van der Waals surface area contributed by atoms with Crippen LogP contribution in [-0.4, -0.2) is 62.1 Å². The van der Waals surface area contributed by atoms with Crippen molar-refractivity contribution in [2.45, 2.75) is 51.2 Å². The van der Waals surface area contributed by atoms with Gasteiger partial charge in [0.15, 0.2) is 23.2 Å². The van der Waals surface area contributed by atoms with Gasteiger partial charge in [-0.05, 0) is 30.7 Å². The molecule has 2 heterocycles. The van der Waals surface area contributed by atoms with E-state index in [1.807, 2.05) is 25.1 Å². The first-order valence-electron chi connectivity index (χ1n) is 12.8. The Morgan fingerprint density at radius 2 is 1.89 bits per heavy atom. The summed E-state index contributed by atoms with van der Waals surface area (Å²) in [5.74, 6) is -0.829. The van der Waals surface area contributed by atoms with Gasteiger partial charge in [-0.15, -0.1) is 0 Å². The second kappa shape index (κ2) is 12.7. The van der Waals surface area contributed by atoms with Crippen molar-refractivity contribution >= 4 is 17.8 Å². The Hall–Kier alpha value is -3.66. The SMILES string of the molecule is COc1ccnc(C(=O)N[C@H]2COC[C@H](CC3CC3)[C@@H](c3ccccc3)[C@H](C)OC2=O)c1OCOC(C)=O. The number of rotatable bonds is 9. The van der Waals surface area contributed by atoms with Gasteiger partial charge in [0.25, 0.3) is 5.91 Å². The maximum atomic E-state index is 13.2. The average molecular weight is 527 g/mol. The zero-order chi connectivity index (χ0) is 27.1. The Labute approximate surface area is 222 Å². The summed E-state index contributed by atoms with van der Waals surface area (Å²) >= 11 is 0. The van der Waals surface area contributed by atoms with E-state index in [1.165, 1.54) is 39.1 Å². The number of cyclic esters (lactones) is 1. The van der Waals surface area contributed by atoms with Crippen molar-refractivity contribution in [2.24, 2.45) is 11.8 Å². The molecule has 2 fully saturated rings. The van der Waals surface area contributed by atoms with Crippen molar-refractivity contribution in [1.29, 1.82) is 0 Å². The van der Waals surface area contributed by atoms with Crippen molar-refractivity contribution < 1.29 is 38.1 Å². The first kappa shape index (κ1) is 27.4. The maximum absolute atomic E-state index is 13.2. The third-order valence-electron chi connectivity index (χ3n) is 6.81. The van der Waals surface area contributed by atoms with E-state index in [4.69, 9.17) is 23.7 Å². The van der Waals surface area contributed by atoms with Gasteiger partial charge < -0.3 is 29.0 Å². The van der Waals surface area contributed by atoms with Crippen LogP contribution in [-0.2, 0) is 23.8 Å². The summed E-state index contributed by atoms with van der Waals surface area (Å²) in [6.45, 7) is 3.08. The minimum absolute atomic E-state index is 0.0203. The molecule has 10 nitrogen and oxygen atoms in total. The second-order valence-corrected chi connectivity index (χ2v) is 9.67. The summed E-state index contributed by atoms with van der Waals surface area (Å²) in [4.78, 5) is 41.7. The number of aromatic nitrogens is 1. The van der Waals surface area contributed by atoms with E-state index in [0.29, 0.717) is 12.5 Å². The normalized spacial score (nSPS) is 23.7. The molecule has 10 heteroatoms. The van der Waals surface area contributed by atoms with Crippen LogP contribution in [0.3, 0.4) is 0 Å². The number of benzene rings is 1. The predicted molar refractivity (Wildman–Crippen MR) is 136 cm³/mol. The number of methoxy groups -OCH3 is 1. The van der Waals surface area contributed by atoms with Gasteiger partial charge >= 0.3 is 11.9 Å². The average Bonchev–Trinajstić information content (AvgIpc) is 3.71. The van der Waals surface area contributed by atoms with Gasteiger partial charge in [0.05, 0.1) is 20.3 Å². The van der Waals surface area contributed by atoms with E-state index < -0.39 is 36.8 Å². The predicted octanol–water partition coefficient (Wildman–Crippen LogP) is 3.25. The fraction of sp³-hybridized carbons (Fsp3) is 0.500. The lowest BCUT2D eigenvalue weighted by Crippen LogP contribution is -2.46. The van der Waals surface area contributed by atoms with Gasteiger partial charge in [-0.2, -0.15) is 0 Å². The Morgan fingerprint density at radius 1 is 1.13 bits per heavy atom. The van der Waals surface area contributed by atoms with Gasteiger partial charge in [-0.1, -0.05) is 43.2 Å². The first-order valence-corrected chi connectivity index (χ1v) is 12.8. The summed E-state index contributed by atoms with van der Waals surface area (Å²) in [5, 5.41) is 2.67. The summed E-state index contributed by atoms with van der Waals surface area (Å²) in [7, 11) is 1.40. The standard InChI is InChI=1S/C28H34N2O8/c1-17-24(20-7-5-4-6-8-20)21(13-19-9-10-19)14-35-15-22(28(33)38-17)30-27(32)25-26(37-16-36-18(2)31)23(34-3)11-12-29-25/h4-8,11-12,17,19,21-22,24H,9-10,13-16H2,1-3H3,(H,30,32)/t17-,21-,22-,24+/m0/s1. The number of hydrogen-bond acceptors (Lipinski definition) is 9. The molecule has 1 saturated heterocycles. The van der Waals surface area contributed by atoms with E-state index in [-0.39, 0.29) is 35.6 Å². The molecule has 2 aromatic rings. The fourth-order valence-corrected chi connectivity index (χ4v) is 4.84. The molecule has 1 aliphatic carbocycles. The molecule has 1 N–H and O–H groups in total. The van der Waals surface area contributed by atoms with Gasteiger partial charge in [-0.3, -0.25) is 9.59 Å². The lowest BCUT2D eigenvalue weighted by Gasteiger charge is -2.31. The highest BCUT2D eigenvalue weighted by Crippen LogP contribution is 2.42. The monoisotopic (exact) mass is 526 g/mol. The molecule has 1 saturated carbocycles. The molecule has 0 bridgehead atoms. The number of nitrogens with one attached hydrogen (secondary N) is 1. The summed E-state index contributed by atoms with van der Waals surface area (Å²) in [5.41, 5.74) is 0.964. The van der Waals surface area contributed by atoms with Crippen LogP contribution in [0.2, 0.25) is 0 Å². The van der Waals surface area contributed by atoms with Gasteiger partial charge in [-0.25, -0.2) is 9.78 Å². The van der Waals surface area contributed by atoms with Crippen LogP contribution < -0.4 is 14.8 Å². The number of hydrogen-bond donors (Lipinski definition) is 1. The molecule has 1 aliphatic heterocycles. The first-order chi connectivity index (χ1) is 18.4. The van der Waals surface area contributed by atoms with E-state index in [1.54, 1.807) is 0 Å². The molecular formula is C28H34N2O8. The molecule has 4 rings (SSSR count). The number of carbonyl (C=O) groups excluding carboxylic acids is 3. The van der Waals surface area contributed by atoms with Crippen LogP contribution in [0.4, 0.5) is 0 Å². The van der Waals surface area contributed by atoms with Crippen LogP contribution in [0.5, 0.6) is 11.5 Å². The molecule has 4 atom stereocenters. The van der Waals surface area contributed by atoms with Crippen molar-refractivity contribution in [2.75, 3.05) is 27.1 Å². The summed E-state index contributed by atoms with van der Waals surface area (Å²) in [6.07, 6.45) is 4.36. The Kier molecular flexibility index (Phi) is 9.17. The number of amides is 1. The molecule has 0 radical (unpaired) electrons. The molecule has 204 valence electrons. The maximum Gasteiger partial charge on any atom is 0.331 e. The van der Waals surface area contributed by atoms with Crippen molar-refractivity contribution in [3.05, 3.63) is 53.9 Å². The van der Waals surface area contributed by atoms with Crippen molar-refractivity contribution in [3.8, 4) is 11.5 Å². The number of carbonyl (C=O) groups is 3. The smallest absolute Gasteiger partial charge is 0.331 e. The van der Waals surface area contributed by atoms with Gasteiger partial charge in [0.2, 0.25) is 6.79 Å². The third kappa shape index (κ3) is 7.00. The Balaban J connectivity index is 1.52. The zero-order valence-electron chi connectivity index (χ0n) is 21.9. The molecule has 0 unspecified atom stereocenters. The lowest BCUT2D eigenvalue weighted by molar-refractivity contribution is -0.152. The van der Waals surface area contributed by atoms with E-state index in [2.05, 4.69) is 22.4 Å². The fourth-order valence-electron chi connectivity index (χ4n) is 4.84. The second-order valence-electron chi connectivity index (χ2n) is 9.67. The van der Waals surface area contributed by atoms with Crippen LogP contribution in [0.25, 0.3) is 0 Å². The minimum Gasteiger partial charge on any atom is -0.493 e. The van der Waals surface area contributed by atoms with Crippen LogP contribution in [0, 0.1) is 11.8 Å². The number of nitrogens with zero attached hydrogens (tertiary/aromatic N) is 1. The van der Waals surface area contributed by atoms with Crippen molar-refractivity contribution in [3.63, 3.8) is 0 Å². The van der Waals surface area contributed by atoms with E-state index >= 15 is 0 Å². The Bertz CT molecular complexity index is 1120. The largest absolute Gasteiger partial charge is 0.493 e. The van der Waals surface area contributed by atoms with Gasteiger partial charge in [0, 0.05) is 25.1 Å². The number of ether oxygens (including phenoxy) is 5. The number of pyridine rings is 1. The van der Waals surface area contributed by atoms with Crippen molar-refractivity contribution in [1.82, 2.24) is 10.3 Å². The van der Waals surface area contributed by atoms with Crippen LogP contribution >= 0.6 is 0 Å². The van der Waals surface area contributed by atoms with E-state index in [0.717, 1.165) is 12.0 Å². The molecule has 1 aromatic heterocycles. The zero-order valence-corrected chi connectivity index (χ0v) is 21.9. The number of esters is 2. The molecular weight excluding hydrogens is 492 g/mol. The summed E-state index contributed by atoms with van der Waals surface area (Å²) in [6, 6.07) is 10.5. The summed E-state index contributed by atoms with van der Waals surface area (Å²) < 4.78 is 27.5. The molecule has 0 spiro atoms. The quantitative estimate of drug-likeness (QED) is 0.387. The topological polar surface area (TPSA) is 122 Å². The highest BCUT2D eigenvalue weighted by Gasteiger charge is 2.38. The highest BCUT2D eigenvalue weighted by molar-refractivity contribution is 5.98. The Morgan fingerprint density at radius 3 is 2.58 bits per heavy atom. The third-order valence-corrected chi connectivity index (χ3v) is 6.81. The molecule has 1 amide bonds. The highest BCUT2D eigenvalue weighted by atomic mass is 16.7. The molecule has 1 aromatic carbocycles. The van der Waals surface area contributed by atoms with Crippen LogP contribution in [0.15, 0.2) is 42.6 Å². The molecule has 2 aliphatic rings. The lowest BCUT2D eigenvalue weighted by atomic mass is 9.80. The van der Waals surface area contributed by atoms with Crippen LogP contribution in [0.1, 0.15) is 55.1 Å². The molecule has 38 heavy (non-hydrogen) atoms.